The Morgan fingerprint density at radius 1 is 1.42 bits per heavy atom. The molecule has 1 aromatic carbocycles. The SMILES string of the molecule is COC(=O)C=C1SC(Nc2ccccc2C)=NC1=O. The molecular weight excluding hydrogens is 264 g/mol. The number of hydrogen-bond donors (Lipinski definition) is 1. The highest BCUT2D eigenvalue weighted by atomic mass is 32.2. The van der Waals surface area contributed by atoms with Crippen LogP contribution < -0.4 is 5.32 Å². The summed E-state index contributed by atoms with van der Waals surface area (Å²) in [5.74, 6) is -1.00. The van der Waals surface area contributed by atoms with E-state index in [1.807, 2.05) is 31.2 Å². The second-order valence-corrected chi connectivity index (χ2v) is 4.83. The van der Waals surface area contributed by atoms with E-state index in [2.05, 4.69) is 15.0 Å². The number of para-hydroxylation sites is 1. The molecule has 1 N–H and O–H groups in total. The maximum absolute atomic E-state index is 11.6. The van der Waals surface area contributed by atoms with Gasteiger partial charge >= 0.3 is 5.97 Å². The van der Waals surface area contributed by atoms with Gasteiger partial charge in [0.25, 0.3) is 5.91 Å². The molecule has 1 heterocycles. The van der Waals surface area contributed by atoms with Crippen molar-refractivity contribution in [2.75, 3.05) is 12.4 Å². The van der Waals surface area contributed by atoms with E-state index in [-0.39, 0.29) is 4.91 Å². The number of amides is 1. The van der Waals surface area contributed by atoms with Crippen LogP contribution in [0.4, 0.5) is 5.69 Å². The Balaban J connectivity index is 2.11. The van der Waals surface area contributed by atoms with E-state index >= 15 is 0 Å². The lowest BCUT2D eigenvalue weighted by Gasteiger charge is -2.07. The molecule has 98 valence electrons. The minimum absolute atomic E-state index is 0.253. The van der Waals surface area contributed by atoms with Crippen LogP contribution in [0, 0.1) is 6.92 Å². The van der Waals surface area contributed by atoms with E-state index in [0.29, 0.717) is 5.17 Å². The Bertz CT molecular complexity index is 593. The molecule has 2 rings (SSSR count). The van der Waals surface area contributed by atoms with E-state index in [4.69, 9.17) is 0 Å². The predicted molar refractivity (Wildman–Crippen MR) is 74.9 cm³/mol. The van der Waals surface area contributed by atoms with Crippen molar-refractivity contribution in [3.05, 3.63) is 40.8 Å². The van der Waals surface area contributed by atoms with Crippen LogP contribution >= 0.6 is 11.8 Å². The van der Waals surface area contributed by atoms with Gasteiger partial charge in [0.05, 0.1) is 12.0 Å². The smallest absolute Gasteiger partial charge is 0.331 e. The Labute approximate surface area is 114 Å². The van der Waals surface area contributed by atoms with Crippen molar-refractivity contribution in [2.24, 2.45) is 4.99 Å². The highest BCUT2D eigenvalue weighted by Gasteiger charge is 2.23. The van der Waals surface area contributed by atoms with Gasteiger partial charge in [0.2, 0.25) is 0 Å². The molecule has 0 radical (unpaired) electrons. The van der Waals surface area contributed by atoms with Crippen LogP contribution in [0.1, 0.15) is 5.56 Å². The number of aryl methyl sites for hydroxylation is 1. The van der Waals surface area contributed by atoms with Gasteiger partial charge < -0.3 is 10.1 Å². The molecule has 6 heteroatoms. The molecule has 0 unspecified atom stereocenters. The van der Waals surface area contributed by atoms with Gasteiger partial charge in [0, 0.05) is 11.8 Å². The van der Waals surface area contributed by atoms with Gasteiger partial charge in [-0.25, -0.2) is 4.79 Å². The van der Waals surface area contributed by atoms with E-state index in [9.17, 15) is 9.59 Å². The number of benzene rings is 1. The zero-order valence-corrected chi connectivity index (χ0v) is 11.3. The van der Waals surface area contributed by atoms with Gasteiger partial charge in [-0.3, -0.25) is 4.79 Å². The van der Waals surface area contributed by atoms with Gasteiger partial charge in [-0.1, -0.05) is 18.2 Å². The Morgan fingerprint density at radius 2 is 2.16 bits per heavy atom. The number of carbonyl (C=O) groups excluding carboxylic acids is 2. The first-order valence-corrected chi connectivity index (χ1v) is 6.35. The fourth-order valence-electron chi connectivity index (χ4n) is 1.46. The summed E-state index contributed by atoms with van der Waals surface area (Å²) in [7, 11) is 1.26. The van der Waals surface area contributed by atoms with E-state index in [1.54, 1.807) is 0 Å². The highest BCUT2D eigenvalue weighted by Crippen LogP contribution is 2.28. The molecule has 0 aliphatic carbocycles. The van der Waals surface area contributed by atoms with Crippen molar-refractivity contribution >= 4 is 34.5 Å². The number of aliphatic imine (C=N–C) groups is 1. The molecule has 0 aromatic heterocycles. The molecule has 5 nitrogen and oxygen atoms in total. The van der Waals surface area contributed by atoms with Crippen LogP contribution in [0.5, 0.6) is 0 Å². The lowest BCUT2D eigenvalue weighted by molar-refractivity contribution is -0.135. The van der Waals surface area contributed by atoms with Gasteiger partial charge in [-0.05, 0) is 30.3 Å². The molecule has 0 bridgehead atoms. The largest absolute Gasteiger partial charge is 0.466 e. The summed E-state index contributed by atoms with van der Waals surface area (Å²) in [6.45, 7) is 1.95. The van der Waals surface area contributed by atoms with Gasteiger partial charge in [0.1, 0.15) is 0 Å². The first kappa shape index (κ1) is 13.4. The number of nitrogens with zero attached hydrogens (tertiary/aromatic N) is 1. The van der Waals surface area contributed by atoms with Crippen LogP contribution in [-0.4, -0.2) is 24.2 Å². The van der Waals surface area contributed by atoms with E-state index < -0.39 is 11.9 Å². The monoisotopic (exact) mass is 276 g/mol. The quantitative estimate of drug-likeness (QED) is 0.661. The third-order valence-corrected chi connectivity index (χ3v) is 3.36. The molecule has 0 atom stereocenters. The van der Waals surface area contributed by atoms with Crippen molar-refractivity contribution in [2.45, 2.75) is 6.92 Å². The normalized spacial score (nSPS) is 16.4. The Morgan fingerprint density at radius 3 is 2.84 bits per heavy atom. The average molecular weight is 276 g/mol. The number of carbonyl (C=O) groups is 2. The number of hydrogen-bond acceptors (Lipinski definition) is 5. The maximum Gasteiger partial charge on any atom is 0.331 e. The molecule has 1 aromatic rings. The molecule has 0 saturated carbocycles. The van der Waals surface area contributed by atoms with Crippen molar-refractivity contribution in [3.8, 4) is 0 Å². The molecule has 0 fully saturated rings. The fourth-order valence-corrected chi connectivity index (χ4v) is 2.24. The molecular formula is C13H12N2O3S. The van der Waals surface area contributed by atoms with Gasteiger partial charge in [-0.15, -0.1) is 0 Å². The van der Waals surface area contributed by atoms with Crippen molar-refractivity contribution in [1.82, 2.24) is 0 Å². The minimum Gasteiger partial charge on any atom is -0.466 e. The number of nitrogens with one attached hydrogen (secondary N) is 1. The summed E-state index contributed by atoms with van der Waals surface area (Å²) in [4.78, 5) is 26.8. The van der Waals surface area contributed by atoms with Crippen LogP contribution in [0.25, 0.3) is 0 Å². The molecule has 0 spiro atoms. The number of esters is 1. The fraction of sp³-hybridized carbons (Fsp3) is 0.154. The van der Waals surface area contributed by atoms with Crippen LogP contribution in [-0.2, 0) is 14.3 Å². The zero-order valence-electron chi connectivity index (χ0n) is 10.5. The minimum atomic E-state index is -0.566. The summed E-state index contributed by atoms with van der Waals surface area (Å²) in [6.07, 6.45) is 1.14. The summed E-state index contributed by atoms with van der Waals surface area (Å²) < 4.78 is 4.48. The summed E-state index contributed by atoms with van der Waals surface area (Å²) in [5.41, 5.74) is 1.92. The third-order valence-electron chi connectivity index (χ3n) is 2.46. The number of amidine groups is 1. The van der Waals surface area contributed by atoms with Crippen LogP contribution in [0.15, 0.2) is 40.2 Å². The van der Waals surface area contributed by atoms with E-state index in [0.717, 1.165) is 29.1 Å². The summed E-state index contributed by atoms with van der Waals surface area (Å²) >= 11 is 1.12. The van der Waals surface area contributed by atoms with Crippen molar-refractivity contribution in [1.29, 1.82) is 0 Å². The number of methoxy groups -OCH3 is 1. The van der Waals surface area contributed by atoms with Crippen LogP contribution in [0.3, 0.4) is 0 Å². The number of rotatable bonds is 2. The average Bonchev–Trinajstić information content (AvgIpc) is 2.72. The molecule has 19 heavy (non-hydrogen) atoms. The lowest BCUT2D eigenvalue weighted by Crippen LogP contribution is -2.05. The van der Waals surface area contributed by atoms with Crippen molar-refractivity contribution in [3.63, 3.8) is 0 Å². The third kappa shape index (κ3) is 3.23. The Kier molecular flexibility index (Phi) is 4.01. The number of anilines is 1. The standard InChI is InChI=1S/C13H12N2O3S/c1-8-5-3-4-6-9(8)14-13-15-12(17)10(19-13)7-11(16)18-2/h3-7H,1-2H3,(H,14,15,17). The molecule has 1 amide bonds. The van der Waals surface area contributed by atoms with Gasteiger partial charge in [-0.2, -0.15) is 4.99 Å². The summed E-state index contributed by atoms with van der Waals surface area (Å²) in [6, 6.07) is 7.67. The lowest BCUT2D eigenvalue weighted by atomic mass is 10.2. The molecule has 0 saturated heterocycles. The van der Waals surface area contributed by atoms with E-state index in [1.165, 1.54) is 7.11 Å². The molecule has 1 aliphatic heterocycles. The van der Waals surface area contributed by atoms with Gasteiger partial charge in [0.15, 0.2) is 5.17 Å². The van der Waals surface area contributed by atoms with Crippen molar-refractivity contribution < 1.29 is 14.3 Å². The first-order valence-electron chi connectivity index (χ1n) is 5.53. The Hall–Kier alpha value is -2.08. The number of ether oxygens (including phenoxy) is 1. The van der Waals surface area contributed by atoms with Crippen LogP contribution in [0.2, 0.25) is 0 Å². The second kappa shape index (κ2) is 5.71. The first-order chi connectivity index (χ1) is 9.10. The maximum atomic E-state index is 11.6. The topological polar surface area (TPSA) is 67.8 Å². The number of thioether (sulfide) groups is 1. The molecule has 1 aliphatic rings. The highest BCUT2D eigenvalue weighted by molar-refractivity contribution is 8.18. The summed E-state index contributed by atoms with van der Waals surface area (Å²) in [5, 5.41) is 3.51. The second-order valence-electron chi connectivity index (χ2n) is 3.80. The predicted octanol–water partition coefficient (Wildman–Crippen LogP) is 2.09. The zero-order chi connectivity index (χ0) is 13.8.